The Morgan fingerprint density at radius 3 is 3.00 bits per heavy atom. The smallest absolute Gasteiger partial charge is 0.408 e. The lowest BCUT2D eigenvalue weighted by Gasteiger charge is -2.19. The first-order chi connectivity index (χ1) is 9.01. The van der Waals surface area contributed by atoms with Crippen LogP contribution in [0.4, 0.5) is 0 Å². The van der Waals surface area contributed by atoms with Gasteiger partial charge in [0, 0.05) is 20.1 Å². The number of aromatic amines is 1. The Balaban J connectivity index is 2.16. The van der Waals surface area contributed by atoms with Crippen LogP contribution in [0.15, 0.2) is 27.4 Å². The van der Waals surface area contributed by atoms with Crippen LogP contribution >= 0.6 is 0 Å². The minimum absolute atomic E-state index is 0.114. The number of aliphatic hydroxyl groups is 1. The largest absolute Gasteiger partial charge is 0.417 e. The van der Waals surface area contributed by atoms with Gasteiger partial charge in [-0.2, -0.15) is 0 Å². The number of fused-ring (bicyclic) bond motifs is 1. The number of H-pyrrole nitrogens is 1. The molecule has 102 valence electrons. The maximum absolute atomic E-state index is 11.7. The van der Waals surface area contributed by atoms with E-state index in [0.717, 1.165) is 5.56 Å². The third kappa shape index (κ3) is 2.83. The van der Waals surface area contributed by atoms with Crippen LogP contribution in [0.1, 0.15) is 5.56 Å². The number of aromatic nitrogens is 1. The molecular weight excluding hydrogens is 250 g/mol. The van der Waals surface area contributed by atoms with Crippen LogP contribution in [-0.4, -0.2) is 40.6 Å². The Kier molecular flexibility index (Phi) is 3.68. The number of oxazole rings is 1. The summed E-state index contributed by atoms with van der Waals surface area (Å²) in [5, 5.41) is 9.37. The number of nitrogens with two attached hydrogens (primary N) is 1. The number of aliphatic hydroxyl groups excluding tert-OH is 1. The monoisotopic (exact) mass is 265 g/mol. The van der Waals surface area contributed by atoms with Crippen LogP contribution in [0, 0.1) is 0 Å². The number of hydrogen-bond donors (Lipinski definition) is 3. The summed E-state index contributed by atoms with van der Waals surface area (Å²) < 4.78 is 4.88. The molecule has 4 N–H and O–H groups in total. The first-order valence-electron chi connectivity index (χ1n) is 5.76. The lowest BCUT2D eigenvalue weighted by atomic mass is 10.2. The van der Waals surface area contributed by atoms with E-state index in [1.165, 1.54) is 4.90 Å². The standard InChI is InChI=1S/C12H15N3O4/c1-15(11(17)9(16)5-13)6-7-2-3-10-8(4-7)14-12(18)19-10/h2-4,9,16H,5-6,13H2,1H3,(H,14,18). The van der Waals surface area contributed by atoms with Gasteiger partial charge in [0.05, 0.1) is 5.52 Å². The van der Waals surface area contributed by atoms with Crippen LogP contribution in [0.25, 0.3) is 11.1 Å². The Labute approximate surface area is 108 Å². The van der Waals surface area contributed by atoms with E-state index in [2.05, 4.69) is 4.98 Å². The molecular formula is C12H15N3O4. The van der Waals surface area contributed by atoms with Gasteiger partial charge in [-0.3, -0.25) is 9.78 Å². The minimum atomic E-state index is -1.19. The van der Waals surface area contributed by atoms with Gasteiger partial charge in [-0.05, 0) is 17.7 Å². The van der Waals surface area contributed by atoms with Gasteiger partial charge in [0.2, 0.25) is 0 Å². The zero-order valence-corrected chi connectivity index (χ0v) is 10.4. The lowest BCUT2D eigenvalue weighted by Crippen LogP contribution is -2.40. The van der Waals surface area contributed by atoms with Crippen molar-refractivity contribution in [1.82, 2.24) is 9.88 Å². The van der Waals surface area contributed by atoms with Gasteiger partial charge < -0.3 is 20.2 Å². The molecule has 1 unspecified atom stereocenters. The predicted molar refractivity (Wildman–Crippen MR) is 68.4 cm³/mol. The van der Waals surface area contributed by atoms with E-state index >= 15 is 0 Å². The maximum Gasteiger partial charge on any atom is 0.417 e. The molecule has 7 heteroatoms. The molecule has 0 radical (unpaired) electrons. The second-order valence-corrected chi connectivity index (χ2v) is 4.29. The van der Waals surface area contributed by atoms with Gasteiger partial charge in [0.25, 0.3) is 5.91 Å². The number of nitrogens with one attached hydrogen (secondary N) is 1. The van der Waals surface area contributed by atoms with Crippen LogP contribution < -0.4 is 11.5 Å². The predicted octanol–water partition coefficient (Wildman–Crippen LogP) is -0.601. The third-order valence-corrected chi connectivity index (χ3v) is 2.79. The number of hydrogen-bond acceptors (Lipinski definition) is 5. The van der Waals surface area contributed by atoms with Crippen molar-refractivity contribution in [3.8, 4) is 0 Å². The molecule has 0 aliphatic carbocycles. The molecule has 1 aromatic heterocycles. The van der Waals surface area contributed by atoms with E-state index in [-0.39, 0.29) is 6.54 Å². The van der Waals surface area contributed by atoms with E-state index in [4.69, 9.17) is 10.2 Å². The van der Waals surface area contributed by atoms with Crippen molar-refractivity contribution in [2.24, 2.45) is 5.73 Å². The van der Waals surface area contributed by atoms with Gasteiger partial charge >= 0.3 is 5.76 Å². The fourth-order valence-electron chi connectivity index (χ4n) is 1.80. The van der Waals surface area contributed by atoms with Crippen molar-refractivity contribution in [2.75, 3.05) is 13.6 Å². The molecule has 0 aliphatic rings. The second-order valence-electron chi connectivity index (χ2n) is 4.29. The molecule has 0 spiro atoms. The molecule has 1 heterocycles. The highest BCUT2D eigenvalue weighted by atomic mass is 16.4. The molecule has 0 saturated heterocycles. The summed E-state index contributed by atoms with van der Waals surface area (Å²) in [6.07, 6.45) is -1.19. The number of likely N-dealkylation sites (N-methyl/N-ethyl adjacent to an activating group) is 1. The fourth-order valence-corrected chi connectivity index (χ4v) is 1.80. The molecule has 7 nitrogen and oxygen atoms in total. The quantitative estimate of drug-likeness (QED) is 0.683. The molecule has 0 saturated carbocycles. The molecule has 2 rings (SSSR count). The fraction of sp³-hybridized carbons (Fsp3) is 0.333. The number of carbonyl (C=O) groups excluding carboxylic acids is 1. The van der Waals surface area contributed by atoms with Crippen molar-refractivity contribution in [1.29, 1.82) is 0 Å². The summed E-state index contributed by atoms with van der Waals surface area (Å²) in [5.74, 6) is -0.960. The molecule has 19 heavy (non-hydrogen) atoms. The van der Waals surface area contributed by atoms with E-state index in [1.807, 2.05) is 0 Å². The van der Waals surface area contributed by atoms with Crippen LogP contribution in [0.3, 0.4) is 0 Å². The molecule has 1 atom stereocenters. The average Bonchev–Trinajstić information content (AvgIpc) is 2.76. The highest BCUT2D eigenvalue weighted by Crippen LogP contribution is 2.13. The van der Waals surface area contributed by atoms with Crippen molar-refractivity contribution < 1.29 is 14.3 Å². The summed E-state index contributed by atoms with van der Waals surface area (Å²) in [6, 6.07) is 5.12. The summed E-state index contributed by atoms with van der Waals surface area (Å²) in [5.41, 5.74) is 7.08. The van der Waals surface area contributed by atoms with Crippen molar-refractivity contribution in [2.45, 2.75) is 12.6 Å². The SMILES string of the molecule is CN(Cc1ccc2oc(=O)[nH]c2c1)C(=O)C(O)CN. The van der Waals surface area contributed by atoms with Gasteiger partial charge in [0.1, 0.15) is 6.10 Å². The van der Waals surface area contributed by atoms with E-state index < -0.39 is 17.8 Å². The average molecular weight is 265 g/mol. The number of nitrogens with zero attached hydrogens (tertiary/aromatic N) is 1. The van der Waals surface area contributed by atoms with Gasteiger partial charge in [0.15, 0.2) is 5.58 Å². The molecule has 0 aliphatic heterocycles. The Bertz CT molecular complexity index is 646. The summed E-state index contributed by atoms with van der Waals surface area (Å²) >= 11 is 0. The Hall–Kier alpha value is -2.12. The van der Waals surface area contributed by atoms with E-state index in [0.29, 0.717) is 17.6 Å². The highest BCUT2D eigenvalue weighted by molar-refractivity contribution is 5.80. The number of rotatable bonds is 4. The van der Waals surface area contributed by atoms with E-state index in [9.17, 15) is 14.7 Å². The zero-order valence-electron chi connectivity index (χ0n) is 10.4. The van der Waals surface area contributed by atoms with Crippen LogP contribution in [0.5, 0.6) is 0 Å². The number of amides is 1. The minimum Gasteiger partial charge on any atom is -0.408 e. The van der Waals surface area contributed by atoms with Crippen molar-refractivity contribution in [3.63, 3.8) is 0 Å². The molecule has 1 aromatic carbocycles. The Morgan fingerprint density at radius 2 is 2.32 bits per heavy atom. The third-order valence-electron chi connectivity index (χ3n) is 2.79. The van der Waals surface area contributed by atoms with Crippen LogP contribution in [-0.2, 0) is 11.3 Å². The number of benzene rings is 1. The molecule has 0 fully saturated rings. The van der Waals surface area contributed by atoms with Gasteiger partial charge in [-0.15, -0.1) is 0 Å². The molecule has 1 amide bonds. The topological polar surface area (TPSA) is 113 Å². The van der Waals surface area contributed by atoms with E-state index in [1.54, 1.807) is 25.2 Å². The normalized spacial score (nSPS) is 12.6. The molecule has 0 bridgehead atoms. The zero-order chi connectivity index (χ0) is 14.0. The second kappa shape index (κ2) is 5.25. The highest BCUT2D eigenvalue weighted by Gasteiger charge is 2.17. The van der Waals surface area contributed by atoms with Crippen molar-refractivity contribution >= 4 is 17.0 Å². The Morgan fingerprint density at radius 1 is 1.58 bits per heavy atom. The summed E-state index contributed by atoms with van der Waals surface area (Å²) in [4.78, 5) is 26.6. The van der Waals surface area contributed by atoms with Crippen molar-refractivity contribution in [3.05, 3.63) is 34.3 Å². The lowest BCUT2D eigenvalue weighted by molar-refractivity contribution is -0.138. The molecule has 2 aromatic rings. The van der Waals surface area contributed by atoms with Crippen LogP contribution in [0.2, 0.25) is 0 Å². The first-order valence-corrected chi connectivity index (χ1v) is 5.76. The summed E-state index contributed by atoms with van der Waals surface area (Å²) in [6.45, 7) is 0.191. The number of carbonyl (C=O) groups is 1. The first kappa shape index (κ1) is 13.3. The maximum atomic E-state index is 11.7. The van der Waals surface area contributed by atoms with Gasteiger partial charge in [-0.1, -0.05) is 6.07 Å². The van der Waals surface area contributed by atoms with Gasteiger partial charge in [-0.25, -0.2) is 4.79 Å². The summed E-state index contributed by atoms with van der Waals surface area (Å²) in [7, 11) is 1.57.